The van der Waals surface area contributed by atoms with Gasteiger partial charge in [0.2, 0.25) is 5.95 Å². The molecule has 1 fully saturated rings. The second-order valence-electron chi connectivity index (χ2n) is 5.46. The SMILES string of the molecule is CCc1cc2c(N3CCC(COC)C3)nc(NC)nc2s1. The molecular formula is C15H22N4OS. The Balaban J connectivity index is 1.98. The molecule has 0 radical (unpaired) electrons. The number of hydrogen-bond donors (Lipinski definition) is 1. The highest BCUT2D eigenvalue weighted by Crippen LogP contribution is 2.34. The fourth-order valence-corrected chi connectivity index (χ4v) is 3.84. The van der Waals surface area contributed by atoms with Crippen LogP contribution in [0.4, 0.5) is 11.8 Å². The Kier molecular flexibility index (Phi) is 4.26. The largest absolute Gasteiger partial charge is 0.384 e. The zero-order valence-corrected chi connectivity index (χ0v) is 13.7. The van der Waals surface area contributed by atoms with Crippen LogP contribution in [0.3, 0.4) is 0 Å². The van der Waals surface area contributed by atoms with Gasteiger partial charge in [-0.25, -0.2) is 4.98 Å². The first-order chi connectivity index (χ1) is 10.2. The van der Waals surface area contributed by atoms with Crippen molar-refractivity contribution in [2.45, 2.75) is 19.8 Å². The maximum Gasteiger partial charge on any atom is 0.225 e. The second-order valence-corrected chi connectivity index (χ2v) is 6.58. The van der Waals surface area contributed by atoms with Gasteiger partial charge >= 0.3 is 0 Å². The van der Waals surface area contributed by atoms with Crippen molar-refractivity contribution in [2.24, 2.45) is 5.92 Å². The summed E-state index contributed by atoms with van der Waals surface area (Å²) >= 11 is 1.77. The number of hydrogen-bond acceptors (Lipinski definition) is 6. The molecule has 0 bridgehead atoms. The molecule has 1 atom stereocenters. The van der Waals surface area contributed by atoms with Gasteiger partial charge in [-0.1, -0.05) is 6.92 Å². The Labute approximate surface area is 129 Å². The smallest absolute Gasteiger partial charge is 0.225 e. The Morgan fingerprint density at radius 3 is 3.05 bits per heavy atom. The number of thiophene rings is 1. The molecule has 3 heterocycles. The molecule has 0 spiro atoms. The zero-order valence-electron chi connectivity index (χ0n) is 12.8. The molecule has 0 amide bonds. The van der Waals surface area contributed by atoms with Crippen molar-refractivity contribution in [3.8, 4) is 0 Å². The van der Waals surface area contributed by atoms with E-state index in [9.17, 15) is 0 Å². The second kappa shape index (κ2) is 6.15. The average Bonchev–Trinajstić information content (AvgIpc) is 3.12. The van der Waals surface area contributed by atoms with Crippen LogP contribution in [0.5, 0.6) is 0 Å². The van der Waals surface area contributed by atoms with E-state index in [1.807, 2.05) is 7.05 Å². The summed E-state index contributed by atoms with van der Waals surface area (Å²) < 4.78 is 5.29. The number of anilines is 2. The van der Waals surface area contributed by atoms with Crippen LogP contribution in [0.1, 0.15) is 18.2 Å². The molecule has 1 aliphatic rings. The summed E-state index contributed by atoms with van der Waals surface area (Å²) in [6, 6.07) is 2.25. The van der Waals surface area contributed by atoms with E-state index < -0.39 is 0 Å². The van der Waals surface area contributed by atoms with E-state index in [1.165, 1.54) is 16.7 Å². The first kappa shape index (κ1) is 14.5. The molecule has 5 nitrogen and oxygen atoms in total. The summed E-state index contributed by atoms with van der Waals surface area (Å²) in [6.45, 7) is 5.07. The molecule has 114 valence electrons. The minimum Gasteiger partial charge on any atom is -0.384 e. The molecule has 1 aliphatic heterocycles. The number of fused-ring (bicyclic) bond motifs is 1. The van der Waals surface area contributed by atoms with Gasteiger partial charge in [0.15, 0.2) is 0 Å². The molecule has 0 aromatic carbocycles. The maximum absolute atomic E-state index is 5.29. The molecule has 1 unspecified atom stereocenters. The van der Waals surface area contributed by atoms with Gasteiger partial charge in [0.05, 0.1) is 12.0 Å². The van der Waals surface area contributed by atoms with Crippen molar-refractivity contribution in [2.75, 3.05) is 44.1 Å². The Morgan fingerprint density at radius 1 is 1.48 bits per heavy atom. The molecule has 3 rings (SSSR count). The monoisotopic (exact) mass is 306 g/mol. The van der Waals surface area contributed by atoms with E-state index in [4.69, 9.17) is 9.72 Å². The van der Waals surface area contributed by atoms with Gasteiger partial charge in [0, 0.05) is 38.0 Å². The topological polar surface area (TPSA) is 50.3 Å². The molecule has 0 saturated carbocycles. The van der Waals surface area contributed by atoms with Gasteiger partial charge in [-0.2, -0.15) is 4.98 Å². The van der Waals surface area contributed by atoms with Crippen LogP contribution in [0.25, 0.3) is 10.2 Å². The third kappa shape index (κ3) is 2.82. The summed E-state index contributed by atoms with van der Waals surface area (Å²) in [4.78, 5) is 14.1. The molecule has 2 aromatic rings. The summed E-state index contributed by atoms with van der Waals surface area (Å²) in [6.07, 6.45) is 2.21. The molecular weight excluding hydrogens is 284 g/mol. The molecule has 21 heavy (non-hydrogen) atoms. The maximum atomic E-state index is 5.29. The quantitative estimate of drug-likeness (QED) is 0.920. The van der Waals surface area contributed by atoms with Crippen LogP contribution in [0.2, 0.25) is 0 Å². The number of rotatable bonds is 5. The third-order valence-electron chi connectivity index (χ3n) is 3.98. The minimum absolute atomic E-state index is 0.599. The van der Waals surface area contributed by atoms with E-state index in [2.05, 4.69) is 28.2 Å². The number of aromatic nitrogens is 2. The van der Waals surface area contributed by atoms with Gasteiger partial charge in [-0.3, -0.25) is 0 Å². The van der Waals surface area contributed by atoms with Crippen molar-refractivity contribution in [1.82, 2.24) is 9.97 Å². The van der Waals surface area contributed by atoms with Crippen molar-refractivity contribution < 1.29 is 4.74 Å². The summed E-state index contributed by atoms with van der Waals surface area (Å²) in [5.41, 5.74) is 0. The van der Waals surface area contributed by atoms with Crippen molar-refractivity contribution >= 4 is 33.3 Å². The Hall–Kier alpha value is -1.40. The lowest BCUT2D eigenvalue weighted by Crippen LogP contribution is -2.22. The number of nitrogens with zero attached hydrogens (tertiary/aromatic N) is 3. The van der Waals surface area contributed by atoms with Crippen LogP contribution in [0, 0.1) is 5.92 Å². The molecule has 2 aromatic heterocycles. The predicted octanol–water partition coefficient (Wildman–Crippen LogP) is 2.77. The third-order valence-corrected chi connectivity index (χ3v) is 5.16. The molecule has 1 saturated heterocycles. The Morgan fingerprint density at radius 2 is 2.33 bits per heavy atom. The van der Waals surface area contributed by atoms with Gasteiger partial charge in [0.1, 0.15) is 10.6 Å². The predicted molar refractivity (Wildman–Crippen MR) is 88.5 cm³/mol. The standard InChI is InChI=1S/C15H22N4OS/c1-4-11-7-12-13(17-15(16-2)18-14(12)21-11)19-6-5-10(8-19)9-20-3/h7,10H,4-6,8-9H2,1-3H3,(H,16,17,18). The highest BCUT2D eigenvalue weighted by molar-refractivity contribution is 7.18. The van der Waals surface area contributed by atoms with Crippen LogP contribution in [0.15, 0.2) is 6.07 Å². The first-order valence-corrected chi connectivity index (χ1v) is 8.28. The lowest BCUT2D eigenvalue weighted by atomic mass is 10.1. The summed E-state index contributed by atoms with van der Waals surface area (Å²) in [5.74, 6) is 2.37. The number of aryl methyl sites for hydroxylation is 1. The van der Waals surface area contributed by atoms with Crippen molar-refractivity contribution in [1.29, 1.82) is 0 Å². The van der Waals surface area contributed by atoms with Crippen LogP contribution < -0.4 is 10.2 Å². The number of methoxy groups -OCH3 is 1. The van der Waals surface area contributed by atoms with Crippen LogP contribution in [-0.2, 0) is 11.2 Å². The molecule has 1 N–H and O–H groups in total. The van der Waals surface area contributed by atoms with Gasteiger partial charge in [-0.05, 0) is 18.9 Å². The summed E-state index contributed by atoms with van der Waals surface area (Å²) in [7, 11) is 3.65. The number of ether oxygens (including phenoxy) is 1. The summed E-state index contributed by atoms with van der Waals surface area (Å²) in [5, 5.41) is 4.27. The average molecular weight is 306 g/mol. The normalized spacial score (nSPS) is 18.6. The van der Waals surface area contributed by atoms with E-state index in [1.54, 1.807) is 18.4 Å². The zero-order chi connectivity index (χ0) is 14.8. The van der Waals surface area contributed by atoms with Crippen molar-refractivity contribution in [3.63, 3.8) is 0 Å². The molecule has 6 heteroatoms. The van der Waals surface area contributed by atoms with Crippen LogP contribution in [-0.4, -0.2) is 43.8 Å². The van der Waals surface area contributed by atoms with Gasteiger partial charge < -0.3 is 15.0 Å². The Bertz CT molecular complexity index is 627. The van der Waals surface area contributed by atoms with E-state index >= 15 is 0 Å². The van der Waals surface area contributed by atoms with Crippen LogP contribution >= 0.6 is 11.3 Å². The molecule has 0 aliphatic carbocycles. The van der Waals surface area contributed by atoms with Crippen molar-refractivity contribution in [3.05, 3.63) is 10.9 Å². The lowest BCUT2D eigenvalue weighted by Gasteiger charge is -2.19. The highest BCUT2D eigenvalue weighted by atomic mass is 32.1. The fourth-order valence-electron chi connectivity index (χ4n) is 2.88. The minimum atomic E-state index is 0.599. The van der Waals surface area contributed by atoms with Gasteiger partial charge in [0.25, 0.3) is 0 Å². The highest BCUT2D eigenvalue weighted by Gasteiger charge is 2.26. The van der Waals surface area contributed by atoms with E-state index in [0.29, 0.717) is 11.9 Å². The first-order valence-electron chi connectivity index (χ1n) is 7.47. The fraction of sp³-hybridized carbons (Fsp3) is 0.600. The lowest BCUT2D eigenvalue weighted by molar-refractivity contribution is 0.161. The van der Waals surface area contributed by atoms with E-state index in [-0.39, 0.29) is 0 Å². The number of nitrogens with one attached hydrogen (secondary N) is 1. The van der Waals surface area contributed by atoms with E-state index in [0.717, 1.165) is 36.8 Å². The van der Waals surface area contributed by atoms with Gasteiger partial charge in [-0.15, -0.1) is 11.3 Å².